The first-order valence-corrected chi connectivity index (χ1v) is 9.50. The second-order valence-corrected chi connectivity index (χ2v) is 6.10. The smallest absolute Gasteiger partial charge is 0.387 e. The number of halogens is 2. The molecule has 0 heterocycles. The monoisotopic (exact) mass is 420 g/mol. The number of alkyl halides is 2. The second kappa shape index (κ2) is 12.3. The summed E-state index contributed by atoms with van der Waals surface area (Å²) in [5.41, 5.74) is 1.05. The van der Waals surface area contributed by atoms with Crippen LogP contribution < -0.4 is 25.4 Å². The molecule has 0 aliphatic rings. The van der Waals surface area contributed by atoms with E-state index in [-0.39, 0.29) is 18.2 Å². The Morgan fingerprint density at radius 1 is 1.07 bits per heavy atom. The zero-order chi connectivity index (χ0) is 21.8. The molecule has 2 aromatic rings. The van der Waals surface area contributed by atoms with Gasteiger partial charge in [-0.3, -0.25) is 4.79 Å². The molecule has 0 fully saturated rings. The van der Waals surface area contributed by atoms with Crippen LogP contribution in [0.1, 0.15) is 22.8 Å². The van der Waals surface area contributed by atoms with Crippen molar-refractivity contribution in [1.82, 2.24) is 16.0 Å². The molecule has 30 heavy (non-hydrogen) atoms. The topological polar surface area (TPSA) is 84.0 Å². The molecule has 162 valence electrons. The number of guanidine groups is 1. The summed E-state index contributed by atoms with van der Waals surface area (Å²) in [4.78, 5) is 16.4. The molecule has 0 aromatic heterocycles. The standard InChI is InChI=1S/C21H26F2N4O3/c1-3-24-21(26-12-11-25-19(28)15-7-5-4-6-8-15)27-14-16-13-17(29-2)9-10-18(16)30-20(22)23/h4-10,13,20H,3,11-12,14H2,1-2H3,(H,25,28)(H2,24,26,27). The van der Waals surface area contributed by atoms with E-state index in [2.05, 4.69) is 25.7 Å². The molecule has 0 atom stereocenters. The summed E-state index contributed by atoms with van der Waals surface area (Å²) in [6.07, 6.45) is 0. The quantitative estimate of drug-likeness (QED) is 0.313. The van der Waals surface area contributed by atoms with Crippen molar-refractivity contribution in [2.75, 3.05) is 26.7 Å². The third kappa shape index (κ3) is 7.57. The SMILES string of the molecule is CCNC(=NCc1cc(OC)ccc1OC(F)F)NCCNC(=O)c1ccccc1. The maximum Gasteiger partial charge on any atom is 0.387 e. The number of nitrogens with one attached hydrogen (secondary N) is 3. The lowest BCUT2D eigenvalue weighted by atomic mass is 10.2. The molecule has 0 saturated carbocycles. The van der Waals surface area contributed by atoms with Crippen molar-refractivity contribution in [3.05, 3.63) is 59.7 Å². The highest BCUT2D eigenvalue weighted by molar-refractivity contribution is 5.94. The molecule has 9 heteroatoms. The van der Waals surface area contributed by atoms with Crippen molar-refractivity contribution in [2.45, 2.75) is 20.1 Å². The molecule has 0 unspecified atom stereocenters. The Balaban J connectivity index is 1.94. The number of hydrogen-bond acceptors (Lipinski definition) is 4. The highest BCUT2D eigenvalue weighted by atomic mass is 19.3. The predicted octanol–water partition coefficient (Wildman–Crippen LogP) is 2.78. The fourth-order valence-electron chi connectivity index (χ4n) is 2.57. The number of aliphatic imine (C=N–C) groups is 1. The van der Waals surface area contributed by atoms with Crippen LogP contribution in [0.5, 0.6) is 11.5 Å². The number of ether oxygens (including phenoxy) is 2. The Labute approximate surface area is 174 Å². The Morgan fingerprint density at radius 2 is 1.80 bits per heavy atom. The highest BCUT2D eigenvalue weighted by Crippen LogP contribution is 2.26. The van der Waals surface area contributed by atoms with E-state index < -0.39 is 6.61 Å². The molecular formula is C21H26F2N4O3. The first kappa shape index (κ1) is 22.9. The number of benzene rings is 2. The molecule has 0 saturated heterocycles. The van der Waals surface area contributed by atoms with Crippen LogP contribution in [-0.2, 0) is 6.54 Å². The third-order valence-corrected chi connectivity index (χ3v) is 3.97. The van der Waals surface area contributed by atoms with E-state index in [9.17, 15) is 13.6 Å². The van der Waals surface area contributed by atoms with Crippen LogP contribution in [0.25, 0.3) is 0 Å². The maximum atomic E-state index is 12.6. The average molecular weight is 420 g/mol. The Morgan fingerprint density at radius 3 is 2.47 bits per heavy atom. The summed E-state index contributed by atoms with van der Waals surface area (Å²) in [7, 11) is 1.49. The van der Waals surface area contributed by atoms with Crippen LogP contribution >= 0.6 is 0 Å². The first-order valence-electron chi connectivity index (χ1n) is 9.50. The molecule has 0 bridgehead atoms. The summed E-state index contributed by atoms with van der Waals surface area (Å²) < 4.78 is 35.0. The minimum absolute atomic E-state index is 0.0422. The molecule has 3 N–H and O–H groups in total. The summed E-state index contributed by atoms with van der Waals surface area (Å²) >= 11 is 0. The van der Waals surface area contributed by atoms with Gasteiger partial charge in [-0.25, -0.2) is 4.99 Å². The predicted molar refractivity (Wildman–Crippen MR) is 111 cm³/mol. The van der Waals surface area contributed by atoms with E-state index in [4.69, 9.17) is 4.74 Å². The minimum Gasteiger partial charge on any atom is -0.497 e. The van der Waals surface area contributed by atoms with Crippen LogP contribution in [-0.4, -0.2) is 45.2 Å². The number of rotatable bonds is 10. The molecule has 0 spiro atoms. The van der Waals surface area contributed by atoms with E-state index in [1.54, 1.807) is 36.4 Å². The lowest BCUT2D eigenvalue weighted by Gasteiger charge is -2.14. The Bertz CT molecular complexity index is 832. The van der Waals surface area contributed by atoms with Crippen molar-refractivity contribution in [1.29, 1.82) is 0 Å². The van der Waals surface area contributed by atoms with Gasteiger partial charge in [-0.15, -0.1) is 0 Å². The van der Waals surface area contributed by atoms with Crippen molar-refractivity contribution in [3.63, 3.8) is 0 Å². The van der Waals surface area contributed by atoms with Gasteiger partial charge in [0.1, 0.15) is 11.5 Å². The molecular weight excluding hydrogens is 394 g/mol. The minimum atomic E-state index is -2.93. The van der Waals surface area contributed by atoms with E-state index in [0.717, 1.165) is 0 Å². The first-order chi connectivity index (χ1) is 14.5. The largest absolute Gasteiger partial charge is 0.497 e. The van der Waals surface area contributed by atoms with E-state index in [0.29, 0.717) is 42.5 Å². The fourth-order valence-corrected chi connectivity index (χ4v) is 2.57. The van der Waals surface area contributed by atoms with Gasteiger partial charge >= 0.3 is 6.61 Å². The van der Waals surface area contributed by atoms with Gasteiger partial charge in [0.05, 0.1) is 13.7 Å². The molecule has 1 amide bonds. The van der Waals surface area contributed by atoms with Gasteiger partial charge in [0, 0.05) is 30.8 Å². The van der Waals surface area contributed by atoms with Crippen LogP contribution in [0.15, 0.2) is 53.5 Å². The highest BCUT2D eigenvalue weighted by Gasteiger charge is 2.11. The number of hydrogen-bond donors (Lipinski definition) is 3. The zero-order valence-electron chi connectivity index (χ0n) is 17.0. The van der Waals surface area contributed by atoms with Gasteiger partial charge in [-0.05, 0) is 37.3 Å². The average Bonchev–Trinajstić information content (AvgIpc) is 2.75. The summed E-state index contributed by atoms with van der Waals surface area (Å²) in [6.45, 7) is 0.511. The number of carbonyl (C=O) groups excluding carboxylic acids is 1. The van der Waals surface area contributed by atoms with Gasteiger partial charge in [-0.1, -0.05) is 18.2 Å². The Hall–Kier alpha value is -3.36. The molecule has 0 radical (unpaired) electrons. The number of methoxy groups -OCH3 is 1. The summed E-state index contributed by atoms with van der Waals surface area (Å²) in [6, 6.07) is 13.5. The third-order valence-electron chi connectivity index (χ3n) is 3.97. The normalized spacial score (nSPS) is 11.2. The van der Waals surface area contributed by atoms with Gasteiger partial charge in [-0.2, -0.15) is 8.78 Å². The lowest BCUT2D eigenvalue weighted by molar-refractivity contribution is -0.0504. The van der Waals surface area contributed by atoms with Crippen LogP contribution in [0.4, 0.5) is 8.78 Å². The van der Waals surface area contributed by atoms with Crippen molar-refractivity contribution in [2.24, 2.45) is 4.99 Å². The van der Waals surface area contributed by atoms with Gasteiger partial charge in [0.2, 0.25) is 0 Å². The number of nitrogens with zero attached hydrogens (tertiary/aromatic N) is 1. The van der Waals surface area contributed by atoms with E-state index in [1.807, 2.05) is 13.0 Å². The molecule has 0 aliphatic heterocycles. The molecule has 0 aliphatic carbocycles. The van der Waals surface area contributed by atoms with Gasteiger partial charge in [0.25, 0.3) is 5.91 Å². The van der Waals surface area contributed by atoms with Crippen LogP contribution in [0.2, 0.25) is 0 Å². The number of carbonyl (C=O) groups is 1. The van der Waals surface area contributed by atoms with Crippen molar-refractivity contribution < 1.29 is 23.0 Å². The zero-order valence-corrected chi connectivity index (χ0v) is 17.0. The Kier molecular flexibility index (Phi) is 9.36. The van der Waals surface area contributed by atoms with Crippen LogP contribution in [0.3, 0.4) is 0 Å². The van der Waals surface area contributed by atoms with Gasteiger partial charge in [0.15, 0.2) is 5.96 Å². The molecule has 7 nitrogen and oxygen atoms in total. The fraction of sp³-hybridized carbons (Fsp3) is 0.333. The van der Waals surface area contributed by atoms with E-state index in [1.165, 1.54) is 13.2 Å². The van der Waals surface area contributed by atoms with E-state index >= 15 is 0 Å². The number of amides is 1. The second-order valence-electron chi connectivity index (χ2n) is 6.10. The molecule has 2 aromatic carbocycles. The van der Waals surface area contributed by atoms with Gasteiger partial charge < -0.3 is 25.4 Å². The molecule has 2 rings (SSSR count). The summed E-state index contributed by atoms with van der Waals surface area (Å²) in [5.74, 6) is 0.880. The lowest BCUT2D eigenvalue weighted by Crippen LogP contribution is -2.41. The maximum absolute atomic E-state index is 12.6. The summed E-state index contributed by atoms with van der Waals surface area (Å²) in [5, 5.41) is 8.97. The van der Waals surface area contributed by atoms with Crippen molar-refractivity contribution >= 4 is 11.9 Å². The van der Waals surface area contributed by atoms with Crippen molar-refractivity contribution in [3.8, 4) is 11.5 Å². The van der Waals surface area contributed by atoms with Crippen LogP contribution in [0, 0.1) is 0 Å².